The zero-order valence-corrected chi connectivity index (χ0v) is 18.5. The molecule has 166 valence electrons. The number of aryl methyl sites for hydroxylation is 1. The second-order valence-corrected chi connectivity index (χ2v) is 8.82. The number of benzene rings is 3. The Kier molecular flexibility index (Phi) is 6.28. The number of carboxylic acids is 1. The molecule has 0 saturated carbocycles. The average molecular weight is 461 g/mol. The Morgan fingerprint density at radius 3 is 2.21 bits per heavy atom. The van der Waals surface area contributed by atoms with E-state index in [2.05, 4.69) is 5.32 Å². The molecule has 7 nitrogen and oxygen atoms in total. The van der Waals surface area contributed by atoms with Crippen LogP contribution in [0.25, 0.3) is 0 Å². The molecule has 0 radical (unpaired) electrons. The molecule has 2 N–H and O–H groups in total. The predicted molar refractivity (Wildman–Crippen MR) is 126 cm³/mol. The SMILES string of the molecule is Cc1ccc(N2C(=O)C[C@H](Sc3ccc(NC(=O)c4ccccc4C(=O)O)cc3)C2=O)cc1. The van der Waals surface area contributed by atoms with E-state index in [4.69, 9.17) is 0 Å². The molecule has 1 aliphatic rings. The molecule has 1 aliphatic heterocycles. The van der Waals surface area contributed by atoms with Gasteiger partial charge in [-0.2, -0.15) is 0 Å². The number of carbonyl (C=O) groups excluding carboxylic acids is 3. The van der Waals surface area contributed by atoms with Gasteiger partial charge in [-0.1, -0.05) is 29.8 Å². The zero-order valence-electron chi connectivity index (χ0n) is 17.6. The Morgan fingerprint density at radius 2 is 1.58 bits per heavy atom. The molecule has 1 heterocycles. The molecule has 0 bridgehead atoms. The smallest absolute Gasteiger partial charge is 0.336 e. The molecule has 0 aliphatic carbocycles. The summed E-state index contributed by atoms with van der Waals surface area (Å²) in [6.45, 7) is 1.94. The number of hydrogen-bond acceptors (Lipinski definition) is 5. The quantitative estimate of drug-likeness (QED) is 0.530. The Hall–Kier alpha value is -3.91. The van der Waals surface area contributed by atoms with Crippen LogP contribution >= 0.6 is 11.8 Å². The molecular formula is C25H20N2O5S. The van der Waals surface area contributed by atoms with Crippen molar-refractivity contribution in [2.75, 3.05) is 10.2 Å². The lowest BCUT2D eigenvalue weighted by molar-refractivity contribution is -0.121. The number of imide groups is 1. The van der Waals surface area contributed by atoms with E-state index in [0.717, 1.165) is 10.5 Å². The van der Waals surface area contributed by atoms with Crippen LogP contribution in [0.5, 0.6) is 0 Å². The minimum absolute atomic E-state index is 0.0645. The minimum Gasteiger partial charge on any atom is -0.478 e. The van der Waals surface area contributed by atoms with E-state index >= 15 is 0 Å². The molecule has 1 atom stereocenters. The van der Waals surface area contributed by atoms with Gasteiger partial charge in [0.2, 0.25) is 11.8 Å². The van der Waals surface area contributed by atoms with Gasteiger partial charge in [-0.3, -0.25) is 14.4 Å². The lowest BCUT2D eigenvalue weighted by atomic mass is 10.1. The first kappa shape index (κ1) is 22.3. The van der Waals surface area contributed by atoms with Gasteiger partial charge in [0, 0.05) is 17.0 Å². The summed E-state index contributed by atoms with van der Waals surface area (Å²) in [5.74, 6) is -2.19. The van der Waals surface area contributed by atoms with Gasteiger partial charge >= 0.3 is 5.97 Å². The van der Waals surface area contributed by atoms with E-state index in [1.54, 1.807) is 48.5 Å². The molecule has 33 heavy (non-hydrogen) atoms. The number of thioether (sulfide) groups is 1. The van der Waals surface area contributed by atoms with E-state index in [1.807, 2.05) is 19.1 Å². The van der Waals surface area contributed by atoms with Crippen molar-refractivity contribution in [2.45, 2.75) is 23.5 Å². The predicted octanol–water partition coefficient (Wildman–Crippen LogP) is 4.37. The number of rotatable bonds is 6. The first-order valence-corrected chi connectivity index (χ1v) is 11.1. The van der Waals surface area contributed by atoms with Gasteiger partial charge in [0.1, 0.15) is 0 Å². The van der Waals surface area contributed by atoms with Gasteiger partial charge in [0.25, 0.3) is 5.91 Å². The largest absolute Gasteiger partial charge is 0.478 e. The van der Waals surface area contributed by atoms with Gasteiger partial charge < -0.3 is 10.4 Å². The number of carbonyl (C=O) groups is 4. The number of anilines is 2. The number of nitrogens with one attached hydrogen (secondary N) is 1. The highest BCUT2D eigenvalue weighted by Gasteiger charge is 2.40. The zero-order chi connectivity index (χ0) is 23.5. The normalized spacial score (nSPS) is 15.5. The lowest BCUT2D eigenvalue weighted by Gasteiger charge is -2.15. The van der Waals surface area contributed by atoms with E-state index in [0.29, 0.717) is 11.4 Å². The monoisotopic (exact) mass is 460 g/mol. The van der Waals surface area contributed by atoms with Crippen molar-refractivity contribution in [3.63, 3.8) is 0 Å². The van der Waals surface area contributed by atoms with Gasteiger partial charge in [-0.15, -0.1) is 11.8 Å². The van der Waals surface area contributed by atoms with Crippen LogP contribution in [0.15, 0.2) is 77.7 Å². The van der Waals surface area contributed by atoms with Crippen molar-refractivity contribution in [1.82, 2.24) is 0 Å². The van der Waals surface area contributed by atoms with Crippen LogP contribution in [0.2, 0.25) is 0 Å². The Balaban J connectivity index is 1.42. The fraction of sp³-hybridized carbons (Fsp3) is 0.120. The lowest BCUT2D eigenvalue weighted by Crippen LogP contribution is -2.31. The highest BCUT2D eigenvalue weighted by molar-refractivity contribution is 8.00. The Bertz CT molecular complexity index is 1240. The maximum Gasteiger partial charge on any atom is 0.336 e. The molecular weight excluding hydrogens is 440 g/mol. The molecule has 1 fully saturated rings. The number of aromatic carboxylic acids is 1. The summed E-state index contributed by atoms with van der Waals surface area (Å²) in [4.78, 5) is 51.1. The highest BCUT2D eigenvalue weighted by atomic mass is 32.2. The van der Waals surface area contributed by atoms with Crippen LogP contribution < -0.4 is 10.2 Å². The van der Waals surface area contributed by atoms with Crippen LogP contribution in [-0.4, -0.2) is 34.0 Å². The summed E-state index contributed by atoms with van der Waals surface area (Å²) in [7, 11) is 0. The average Bonchev–Trinajstić information content (AvgIpc) is 3.08. The third-order valence-electron chi connectivity index (χ3n) is 5.19. The second kappa shape index (κ2) is 9.30. The molecule has 3 aromatic carbocycles. The fourth-order valence-electron chi connectivity index (χ4n) is 3.51. The minimum atomic E-state index is -1.18. The maximum absolute atomic E-state index is 12.8. The van der Waals surface area contributed by atoms with Crippen molar-refractivity contribution < 1.29 is 24.3 Å². The second-order valence-electron chi connectivity index (χ2n) is 7.54. The van der Waals surface area contributed by atoms with Crippen LogP contribution in [0, 0.1) is 6.92 Å². The standard InChI is InChI=1S/C25H20N2O5S/c1-15-6-10-17(11-7-15)27-22(28)14-21(24(27)30)33-18-12-8-16(9-13-18)26-23(29)19-4-2-3-5-20(19)25(31)32/h2-13,21H,14H2,1H3,(H,26,29)(H,31,32)/t21-/m0/s1. The molecule has 0 aromatic heterocycles. The van der Waals surface area contributed by atoms with Crippen molar-refractivity contribution in [3.05, 3.63) is 89.5 Å². The van der Waals surface area contributed by atoms with Crippen molar-refractivity contribution in [3.8, 4) is 0 Å². The molecule has 4 rings (SSSR count). The van der Waals surface area contributed by atoms with E-state index in [-0.39, 0.29) is 29.4 Å². The van der Waals surface area contributed by atoms with Crippen molar-refractivity contribution in [1.29, 1.82) is 0 Å². The summed E-state index contributed by atoms with van der Waals surface area (Å²) >= 11 is 1.29. The summed E-state index contributed by atoms with van der Waals surface area (Å²) < 4.78 is 0. The molecule has 0 unspecified atom stereocenters. The number of carboxylic acid groups (broad SMARTS) is 1. The Labute approximate surface area is 194 Å². The van der Waals surface area contributed by atoms with E-state index < -0.39 is 17.1 Å². The van der Waals surface area contributed by atoms with Gasteiger partial charge in [-0.25, -0.2) is 9.69 Å². The molecule has 0 spiro atoms. The molecule has 3 aromatic rings. The van der Waals surface area contributed by atoms with Gasteiger partial charge in [-0.05, 0) is 55.5 Å². The van der Waals surface area contributed by atoms with Crippen molar-refractivity contribution in [2.24, 2.45) is 0 Å². The summed E-state index contributed by atoms with van der Waals surface area (Å²) in [5, 5.41) is 11.4. The maximum atomic E-state index is 12.8. The van der Waals surface area contributed by atoms with Crippen LogP contribution in [0.3, 0.4) is 0 Å². The van der Waals surface area contributed by atoms with E-state index in [9.17, 15) is 24.3 Å². The molecule has 1 saturated heterocycles. The Morgan fingerprint density at radius 1 is 0.939 bits per heavy atom. The van der Waals surface area contributed by atoms with Crippen LogP contribution in [0.4, 0.5) is 11.4 Å². The number of nitrogens with zero attached hydrogens (tertiary/aromatic N) is 1. The molecule has 8 heteroatoms. The van der Waals surface area contributed by atoms with Crippen LogP contribution in [-0.2, 0) is 9.59 Å². The van der Waals surface area contributed by atoms with Gasteiger partial charge in [0.05, 0.1) is 22.1 Å². The first-order chi connectivity index (χ1) is 15.8. The fourth-order valence-corrected chi connectivity index (χ4v) is 4.56. The summed E-state index contributed by atoms with van der Waals surface area (Å²) in [6.07, 6.45) is 0.113. The van der Waals surface area contributed by atoms with Crippen LogP contribution in [0.1, 0.15) is 32.7 Å². The summed E-state index contributed by atoms with van der Waals surface area (Å²) in [5.41, 5.74) is 2.08. The van der Waals surface area contributed by atoms with Gasteiger partial charge in [0.15, 0.2) is 0 Å². The van der Waals surface area contributed by atoms with E-state index in [1.165, 1.54) is 28.8 Å². The van der Waals surface area contributed by atoms with Crippen molar-refractivity contribution >= 4 is 46.8 Å². The summed E-state index contributed by atoms with van der Waals surface area (Å²) in [6, 6.07) is 20.0. The highest BCUT2D eigenvalue weighted by Crippen LogP contribution is 2.34. The first-order valence-electron chi connectivity index (χ1n) is 10.2. The molecule has 3 amide bonds. The third-order valence-corrected chi connectivity index (χ3v) is 6.39. The number of hydrogen-bond donors (Lipinski definition) is 2. The number of amides is 3. The third kappa shape index (κ3) is 4.80. The topological polar surface area (TPSA) is 104 Å².